The molecular weight excluding hydrogens is 307 g/mol. The van der Waals surface area contributed by atoms with Crippen molar-refractivity contribution in [1.82, 2.24) is 0 Å². The summed E-state index contributed by atoms with van der Waals surface area (Å²) in [6, 6.07) is 1.18. The Morgan fingerprint density at radius 1 is 1.56 bits per heavy atom. The van der Waals surface area contributed by atoms with Gasteiger partial charge < -0.3 is 14.9 Å². The van der Waals surface area contributed by atoms with Crippen LogP contribution in [0.1, 0.15) is 25.8 Å². The van der Waals surface area contributed by atoms with E-state index in [-0.39, 0.29) is 28.0 Å². The summed E-state index contributed by atoms with van der Waals surface area (Å²) in [6.45, 7) is 3.15. The highest BCUT2D eigenvalue weighted by Crippen LogP contribution is 2.44. The number of rotatable bonds is 4. The molecule has 0 aliphatic rings. The average Bonchev–Trinajstić information content (AvgIpc) is 2.20. The maximum absolute atomic E-state index is 14.1. The number of methoxy groups -OCH3 is 1. The van der Waals surface area contributed by atoms with Crippen LogP contribution in [0, 0.1) is 5.82 Å². The molecule has 0 amide bonds. The first kappa shape index (κ1) is 14.8. The SMILES string of the molecule is COc1c(O)cc(Br)c(F)c1C(C)(C)CC(=O)O. The van der Waals surface area contributed by atoms with Crippen LogP contribution in [0.25, 0.3) is 0 Å². The fourth-order valence-electron chi connectivity index (χ4n) is 1.87. The fourth-order valence-corrected chi connectivity index (χ4v) is 2.29. The minimum atomic E-state index is -1.05. The van der Waals surface area contributed by atoms with Crippen LogP contribution in [0.2, 0.25) is 0 Å². The first-order chi connectivity index (χ1) is 8.20. The van der Waals surface area contributed by atoms with Crippen molar-refractivity contribution in [1.29, 1.82) is 0 Å². The van der Waals surface area contributed by atoms with Crippen LogP contribution in [0.3, 0.4) is 0 Å². The summed E-state index contributed by atoms with van der Waals surface area (Å²) in [4.78, 5) is 10.8. The molecule has 0 aliphatic heterocycles. The summed E-state index contributed by atoms with van der Waals surface area (Å²) >= 11 is 2.98. The van der Waals surface area contributed by atoms with E-state index in [1.807, 2.05) is 0 Å². The van der Waals surface area contributed by atoms with Gasteiger partial charge in [0.1, 0.15) is 5.82 Å². The lowest BCUT2D eigenvalue weighted by atomic mass is 9.80. The molecular formula is C12H14BrFO4. The number of carboxylic acid groups (broad SMARTS) is 1. The molecule has 1 aromatic carbocycles. The van der Waals surface area contributed by atoms with E-state index in [2.05, 4.69) is 15.9 Å². The number of aliphatic carboxylic acids is 1. The molecule has 6 heteroatoms. The van der Waals surface area contributed by atoms with Crippen molar-refractivity contribution in [3.05, 3.63) is 21.9 Å². The van der Waals surface area contributed by atoms with Gasteiger partial charge in [0.05, 0.1) is 18.0 Å². The van der Waals surface area contributed by atoms with E-state index in [4.69, 9.17) is 9.84 Å². The molecule has 0 radical (unpaired) electrons. The summed E-state index contributed by atoms with van der Waals surface area (Å²) in [5.74, 6) is -1.96. The second-order valence-electron chi connectivity index (χ2n) is 4.55. The summed E-state index contributed by atoms with van der Waals surface area (Å²) in [5.41, 5.74) is -0.970. The van der Waals surface area contributed by atoms with E-state index >= 15 is 0 Å². The largest absolute Gasteiger partial charge is 0.504 e. The van der Waals surface area contributed by atoms with E-state index in [0.717, 1.165) is 0 Å². The number of carbonyl (C=O) groups is 1. The van der Waals surface area contributed by atoms with Gasteiger partial charge in [-0.05, 0) is 15.9 Å². The van der Waals surface area contributed by atoms with Gasteiger partial charge in [0, 0.05) is 17.0 Å². The summed E-state index contributed by atoms with van der Waals surface area (Å²) in [6.07, 6.45) is -0.282. The zero-order valence-corrected chi connectivity index (χ0v) is 11.8. The van der Waals surface area contributed by atoms with Gasteiger partial charge in [-0.2, -0.15) is 0 Å². The molecule has 0 saturated heterocycles. The Hall–Kier alpha value is -1.30. The van der Waals surface area contributed by atoms with Crippen LogP contribution in [-0.2, 0) is 10.2 Å². The van der Waals surface area contributed by atoms with Crippen molar-refractivity contribution in [3.63, 3.8) is 0 Å². The molecule has 0 fully saturated rings. The Balaban J connectivity index is 3.51. The van der Waals surface area contributed by atoms with Gasteiger partial charge in [0.15, 0.2) is 11.5 Å². The van der Waals surface area contributed by atoms with Crippen LogP contribution in [0.4, 0.5) is 4.39 Å². The zero-order chi connectivity index (χ0) is 14.1. The number of phenols is 1. The number of ether oxygens (including phenoxy) is 1. The minimum absolute atomic E-state index is 0.0399. The van der Waals surface area contributed by atoms with E-state index in [9.17, 15) is 14.3 Å². The predicted molar refractivity (Wildman–Crippen MR) is 67.6 cm³/mol. The molecule has 0 bridgehead atoms. The number of carboxylic acids is 1. The van der Waals surface area contributed by atoms with Crippen molar-refractivity contribution >= 4 is 21.9 Å². The monoisotopic (exact) mass is 320 g/mol. The first-order valence-electron chi connectivity index (χ1n) is 5.18. The lowest BCUT2D eigenvalue weighted by molar-refractivity contribution is -0.138. The third-order valence-electron chi connectivity index (χ3n) is 2.63. The highest BCUT2D eigenvalue weighted by Gasteiger charge is 2.33. The molecule has 0 spiro atoms. The smallest absolute Gasteiger partial charge is 0.304 e. The minimum Gasteiger partial charge on any atom is -0.504 e. The summed E-state index contributed by atoms with van der Waals surface area (Å²) in [5, 5.41) is 18.6. The van der Waals surface area contributed by atoms with Crippen LogP contribution in [0.5, 0.6) is 11.5 Å². The third kappa shape index (κ3) is 2.75. The second kappa shape index (κ2) is 5.14. The van der Waals surface area contributed by atoms with Crippen molar-refractivity contribution in [2.24, 2.45) is 0 Å². The topological polar surface area (TPSA) is 66.8 Å². The molecule has 2 N–H and O–H groups in total. The lowest BCUT2D eigenvalue weighted by Gasteiger charge is -2.26. The van der Waals surface area contributed by atoms with Crippen molar-refractivity contribution in [2.75, 3.05) is 7.11 Å². The normalized spacial score (nSPS) is 11.4. The van der Waals surface area contributed by atoms with E-state index in [1.165, 1.54) is 13.2 Å². The maximum atomic E-state index is 14.1. The first-order valence-corrected chi connectivity index (χ1v) is 5.97. The molecule has 0 unspecified atom stereocenters. The van der Waals surface area contributed by atoms with Gasteiger partial charge in [-0.3, -0.25) is 4.79 Å². The van der Waals surface area contributed by atoms with Crippen LogP contribution in [0.15, 0.2) is 10.5 Å². The number of halogens is 2. The number of aromatic hydroxyl groups is 1. The van der Waals surface area contributed by atoms with Crippen LogP contribution < -0.4 is 4.74 Å². The molecule has 0 atom stereocenters. The number of hydrogen-bond donors (Lipinski definition) is 2. The Bertz CT molecular complexity index is 485. The van der Waals surface area contributed by atoms with Crippen LogP contribution in [-0.4, -0.2) is 23.3 Å². The molecule has 18 heavy (non-hydrogen) atoms. The van der Waals surface area contributed by atoms with Gasteiger partial charge in [0.2, 0.25) is 0 Å². The molecule has 0 aliphatic carbocycles. The van der Waals surface area contributed by atoms with E-state index < -0.39 is 17.2 Å². The summed E-state index contributed by atoms with van der Waals surface area (Å²) in [7, 11) is 1.29. The third-order valence-corrected chi connectivity index (χ3v) is 3.20. The molecule has 1 rings (SSSR count). The molecule has 1 aromatic rings. The fraction of sp³-hybridized carbons (Fsp3) is 0.417. The lowest BCUT2D eigenvalue weighted by Crippen LogP contribution is -2.24. The Morgan fingerprint density at radius 3 is 2.56 bits per heavy atom. The molecule has 0 saturated carbocycles. The number of phenolic OH excluding ortho intramolecular Hbond substituents is 1. The Morgan fingerprint density at radius 2 is 2.11 bits per heavy atom. The highest BCUT2D eigenvalue weighted by atomic mass is 79.9. The average molecular weight is 321 g/mol. The van der Waals surface area contributed by atoms with E-state index in [0.29, 0.717) is 0 Å². The standard InChI is InChI=1S/C12H14BrFO4/c1-12(2,5-8(16)17)9-10(14)6(13)4-7(15)11(9)18-3/h4,15H,5H2,1-3H3,(H,16,17). The van der Waals surface area contributed by atoms with Gasteiger partial charge in [-0.25, -0.2) is 4.39 Å². The maximum Gasteiger partial charge on any atom is 0.304 e. The quantitative estimate of drug-likeness (QED) is 0.894. The molecule has 100 valence electrons. The Kier molecular flexibility index (Phi) is 4.21. The molecule has 0 aromatic heterocycles. The Labute approximate surface area is 113 Å². The summed E-state index contributed by atoms with van der Waals surface area (Å²) < 4.78 is 19.2. The van der Waals surface area contributed by atoms with Gasteiger partial charge in [-0.15, -0.1) is 0 Å². The van der Waals surface area contributed by atoms with Crippen molar-refractivity contribution in [3.8, 4) is 11.5 Å². The number of hydrogen-bond acceptors (Lipinski definition) is 3. The number of benzene rings is 1. The van der Waals surface area contributed by atoms with Gasteiger partial charge >= 0.3 is 5.97 Å². The molecule has 4 nitrogen and oxygen atoms in total. The van der Waals surface area contributed by atoms with E-state index in [1.54, 1.807) is 13.8 Å². The molecule has 0 heterocycles. The highest BCUT2D eigenvalue weighted by molar-refractivity contribution is 9.10. The van der Waals surface area contributed by atoms with Crippen molar-refractivity contribution < 1.29 is 24.1 Å². The van der Waals surface area contributed by atoms with Crippen LogP contribution >= 0.6 is 15.9 Å². The zero-order valence-electron chi connectivity index (χ0n) is 10.3. The predicted octanol–water partition coefficient (Wildman–Crippen LogP) is 3.05. The van der Waals surface area contributed by atoms with Gasteiger partial charge in [0.25, 0.3) is 0 Å². The second-order valence-corrected chi connectivity index (χ2v) is 5.41. The van der Waals surface area contributed by atoms with Gasteiger partial charge in [-0.1, -0.05) is 13.8 Å². The van der Waals surface area contributed by atoms with Crippen molar-refractivity contribution in [2.45, 2.75) is 25.7 Å².